The number of anilines is 1. The first kappa shape index (κ1) is 16.7. The summed E-state index contributed by atoms with van der Waals surface area (Å²) < 4.78 is 0.809. The first-order valence-electron chi connectivity index (χ1n) is 7.95. The van der Waals surface area contributed by atoms with E-state index in [4.69, 9.17) is 12.2 Å². The molecule has 1 saturated heterocycles. The summed E-state index contributed by atoms with van der Waals surface area (Å²) in [7, 11) is 0. The number of fused-ring (bicyclic) bond motifs is 1. The van der Waals surface area contributed by atoms with Gasteiger partial charge >= 0.3 is 0 Å². The summed E-state index contributed by atoms with van der Waals surface area (Å²) in [4.78, 5) is 15.6. The van der Waals surface area contributed by atoms with Crippen LogP contribution in [0.25, 0.3) is 0 Å². The molecule has 1 aromatic heterocycles. The Bertz CT molecular complexity index is 656. The molecular weight excluding hydrogens is 346 g/mol. The normalized spacial score (nSPS) is 16.7. The third-order valence-electron chi connectivity index (χ3n) is 4.23. The van der Waals surface area contributed by atoms with E-state index in [-0.39, 0.29) is 5.91 Å². The van der Waals surface area contributed by atoms with E-state index in [0.717, 1.165) is 47.2 Å². The maximum absolute atomic E-state index is 12.2. The molecule has 0 radical (unpaired) electrons. The van der Waals surface area contributed by atoms with Crippen molar-refractivity contribution >= 4 is 50.5 Å². The van der Waals surface area contributed by atoms with Crippen LogP contribution in [0.5, 0.6) is 0 Å². The summed E-state index contributed by atoms with van der Waals surface area (Å²) in [6.07, 6.45) is 6.65. The highest BCUT2D eigenvalue weighted by atomic mass is 32.2. The van der Waals surface area contributed by atoms with Crippen LogP contribution in [0.15, 0.2) is 0 Å². The van der Waals surface area contributed by atoms with E-state index in [9.17, 15) is 10.1 Å². The van der Waals surface area contributed by atoms with Crippen LogP contribution in [-0.4, -0.2) is 34.0 Å². The summed E-state index contributed by atoms with van der Waals surface area (Å²) in [6.45, 7) is 2.01. The molecule has 3 rings (SSSR count). The van der Waals surface area contributed by atoms with Gasteiger partial charge in [0.1, 0.15) is 15.4 Å². The van der Waals surface area contributed by atoms with Crippen LogP contribution in [0, 0.1) is 11.3 Å². The first-order chi connectivity index (χ1) is 11.2. The molecule has 23 heavy (non-hydrogen) atoms. The van der Waals surface area contributed by atoms with E-state index in [1.807, 2.05) is 0 Å². The third kappa shape index (κ3) is 3.87. The molecule has 1 N–H and O–H groups in total. The van der Waals surface area contributed by atoms with Gasteiger partial charge in [-0.2, -0.15) is 5.26 Å². The van der Waals surface area contributed by atoms with Crippen LogP contribution in [0.4, 0.5) is 5.00 Å². The molecule has 0 spiro atoms. The smallest absolute Gasteiger partial charge is 0.235 e. The predicted molar refractivity (Wildman–Crippen MR) is 100 cm³/mol. The lowest BCUT2D eigenvalue weighted by Crippen LogP contribution is -2.25. The van der Waals surface area contributed by atoms with Gasteiger partial charge in [0.25, 0.3) is 0 Å². The second kappa shape index (κ2) is 7.65. The standard InChI is InChI=1S/C16H19N3OS3/c17-9-12-11-5-1-2-6-13(11)23-15(12)18-14(20)10-22-16(21)19-7-3-4-8-19/h1-8,10H2,(H,18,20). The van der Waals surface area contributed by atoms with E-state index in [1.54, 1.807) is 11.3 Å². The monoisotopic (exact) mass is 365 g/mol. The molecule has 0 bridgehead atoms. The number of nitriles is 1. The average Bonchev–Trinajstić information content (AvgIpc) is 3.19. The van der Waals surface area contributed by atoms with Crippen molar-refractivity contribution in [3.8, 4) is 6.07 Å². The molecule has 1 aliphatic heterocycles. The van der Waals surface area contributed by atoms with Crippen LogP contribution >= 0.6 is 35.3 Å². The van der Waals surface area contributed by atoms with Crippen molar-refractivity contribution in [2.75, 3.05) is 24.2 Å². The van der Waals surface area contributed by atoms with Gasteiger partial charge in [0, 0.05) is 18.0 Å². The molecule has 7 heteroatoms. The van der Waals surface area contributed by atoms with Crippen LogP contribution < -0.4 is 5.32 Å². The Labute approximate surface area is 150 Å². The molecular formula is C16H19N3OS3. The van der Waals surface area contributed by atoms with Gasteiger partial charge in [-0.25, -0.2) is 0 Å². The number of thiocarbonyl (C=S) groups is 1. The number of aryl methyl sites for hydroxylation is 1. The van der Waals surface area contributed by atoms with Gasteiger partial charge in [0.2, 0.25) is 5.91 Å². The van der Waals surface area contributed by atoms with Gasteiger partial charge in [-0.1, -0.05) is 24.0 Å². The number of nitrogens with zero attached hydrogens (tertiary/aromatic N) is 2. The Kier molecular flexibility index (Phi) is 5.57. The second-order valence-electron chi connectivity index (χ2n) is 5.82. The van der Waals surface area contributed by atoms with E-state index >= 15 is 0 Å². The summed E-state index contributed by atoms with van der Waals surface area (Å²) in [6, 6.07) is 2.27. The van der Waals surface area contributed by atoms with Crippen molar-refractivity contribution in [3.63, 3.8) is 0 Å². The first-order valence-corrected chi connectivity index (χ1v) is 10.2. The minimum Gasteiger partial charge on any atom is -0.358 e. The van der Waals surface area contributed by atoms with Gasteiger partial charge in [-0.05, 0) is 44.1 Å². The molecule has 0 atom stereocenters. The van der Waals surface area contributed by atoms with Crippen molar-refractivity contribution in [1.82, 2.24) is 4.90 Å². The molecule has 2 aliphatic rings. The number of likely N-dealkylation sites (tertiary alicyclic amines) is 1. The molecule has 1 amide bonds. The van der Waals surface area contributed by atoms with Gasteiger partial charge < -0.3 is 10.2 Å². The highest BCUT2D eigenvalue weighted by molar-refractivity contribution is 8.23. The Morgan fingerprint density at radius 3 is 2.78 bits per heavy atom. The zero-order valence-electron chi connectivity index (χ0n) is 12.9. The zero-order valence-corrected chi connectivity index (χ0v) is 15.3. The van der Waals surface area contributed by atoms with Crippen LogP contribution in [0.1, 0.15) is 41.7 Å². The fraction of sp³-hybridized carbons (Fsp3) is 0.562. The summed E-state index contributed by atoms with van der Waals surface area (Å²) in [5.41, 5.74) is 1.82. The lowest BCUT2D eigenvalue weighted by molar-refractivity contribution is -0.113. The lowest BCUT2D eigenvalue weighted by Gasteiger charge is -2.17. The Balaban J connectivity index is 1.58. The van der Waals surface area contributed by atoms with E-state index in [0.29, 0.717) is 11.3 Å². The lowest BCUT2D eigenvalue weighted by atomic mass is 9.96. The number of nitrogens with one attached hydrogen (secondary N) is 1. The van der Waals surface area contributed by atoms with Gasteiger partial charge in [-0.15, -0.1) is 11.3 Å². The van der Waals surface area contributed by atoms with Crippen molar-refractivity contribution in [3.05, 3.63) is 16.0 Å². The third-order valence-corrected chi connectivity index (χ3v) is 6.96. The second-order valence-corrected chi connectivity index (χ2v) is 8.54. The largest absolute Gasteiger partial charge is 0.358 e. The van der Waals surface area contributed by atoms with E-state index < -0.39 is 0 Å². The highest BCUT2D eigenvalue weighted by Gasteiger charge is 2.22. The molecule has 2 heterocycles. The number of rotatable bonds is 3. The predicted octanol–water partition coefficient (Wildman–Crippen LogP) is 3.55. The van der Waals surface area contributed by atoms with Gasteiger partial charge in [-0.3, -0.25) is 4.79 Å². The molecule has 1 fully saturated rings. The van der Waals surface area contributed by atoms with Crippen LogP contribution in [0.2, 0.25) is 0 Å². The van der Waals surface area contributed by atoms with Crippen molar-refractivity contribution in [2.24, 2.45) is 0 Å². The van der Waals surface area contributed by atoms with Crippen LogP contribution in [-0.2, 0) is 17.6 Å². The number of carbonyl (C=O) groups excluding carboxylic acids is 1. The molecule has 0 saturated carbocycles. The molecule has 1 aromatic rings. The molecule has 122 valence electrons. The quantitative estimate of drug-likeness (QED) is 0.830. The fourth-order valence-corrected chi connectivity index (χ4v) is 5.36. The van der Waals surface area contributed by atoms with Crippen molar-refractivity contribution in [1.29, 1.82) is 5.26 Å². The number of thiophene rings is 1. The summed E-state index contributed by atoms with van der Waals surface area (Å²) in [5, 5.41) is 13.1. The number of carbonyl (C=O) groups is 1. The Morgan fingerprint density at radius 1 is 1.30 bits per heavy atom. The average molecular weight is 366 g/mol. The van der Waals surface area contributed by atoms with E-state index in [2.05, 4.69) is 16.3 Å². The molecule has 0 unspecified atom stereocenters. The summed E-state index contributed by atoms with van der Waals surface area (Å²) >= 11 is 8.36. The maximum Gasteiger partial charge on any atom is 0.235 e. The highest BCUT2D eigenvalue weighted by Crippen LogP contribution is 2.37. The summed E-state index contributed by atoms with van der Waals surface area (Å²) in [5.74, 6) is 0.231. The Hall–Kier alpha value is -1.10. The maximum atomic E-state index is 12.2. The minimum absolute atomic E-state index is 0.0772. The minimum atomic E-state index is -0.0772. The van der Waals surface area contributed by atoms with Gasteiger partial charge in [0.05, 0.1) is 11.3 Å². The molecule has 1 aliphatic carbocycles. The number of thioether (sulfide) groups is 1. The molecule has 0 aromatic carbocycles. The number of hydrogen-bond acceptors (Lipinski definition) is 5. The zero-order chi connectivity index (χ0) is 16.2. The van der Waals surface area contributed by atoms with Crippen LogP contribution in [0.3, 0.4) is 0 Å². The van der Waals surface area contributed by atoms with Crippen molar-refractivity contribution < 1.29 is 4.79 Å². The number of amides is 1. The van der Waals surface area contributed by atoms with E-state index in [1.165, 1.54) is 35.9 Å². The number of hydrogen-bond donors (Lipinski definition) is 1. The molecule has 4 nitrogen and oxygen atoms in total. The topological polar surface area (TPSA) is 56.1 Å². The fourth-order valence-electron chi connectivity index (χ4n) is 3.05. The van der Waals surface area contributed by atoms with Gasteiger partial charge in [0.15, 0.2) is 0 Å². The van der Waals surface area contributed by atoms with Crippen molar-refractivity contribution in [2.45, 2.75) is 38.5 Å². The Morgan fingerprint density at radius 2 is 2.04 bits per heavy atom. The SMILES string of the molecule is N#Cc1c(NC(=O)CSC(=S)N2CCCC2)sc2c1CCCC2.